The van der Waals surface area contributed by atoms with Gasteiger partial charge in [0.2, 0.25) is 0 Å². The van der Waals surface area contributed by atoms with E-state index in [2.05, 4.69) is 4.98 Å². The summed E-state index contributed by atoms with van der Waals surface area (Å²) in [6.45, 7) is 1.72. The van der Waals surface area contributed by atoms with E-state index in [1.165, 1.54) is 0 Å². The summed E-state index contributed by atoms with van der Waals surface area (Å²) in [7, 11) is 0. The molecule has 1 aromatic carbocycles. The van der Waals surface area contributed by atoms with Gasteiger partial charge in [0.25, 0.3) is 0 Å². The summed E-state index contributed by atoms with van der Waals surface area (Å²) in [6.07, 6.45) is 2.73. The van der Waals surface area contributed by atoms with Crippen molar-refractivity contribution in [2.75, 3.05) is 13.2 Å². The number of esters is 1. The summed E-state index contributed by atoms with van der Waals surface area (Å²) in [5.41, 5.74) is 2.76. The summed E-state index contributed by atoms with van der Waals surface area (Å²) in [4.78, 5) is 16.4. The van der Waals surface area contributed by atoms with Gasteiger partial charge in [-0.1, -0.05) is 36.4 Å². The predicted molar refractivity (Wildman–Crippen MR) is 93.0 cm³/mol. The first kappa shape index (κ1) is 17.6. The Balaban J connectivity index is 1.49. The first-order valence-corrected chi connectivity index (χ1v) is 8.63. The molecular weight excluding hydrogens is 318 g/mol. The lowest BCUT2D eigenvalue weighted by Crippen LogP contribution is -2.25. The zero-order chi connectivity index (χ0) is 17.5. The Morgan fingerprint density at radius 1 is 1.16 bits per heavy atom. The predicted octanol–water partition coefficient (Wildman–Crippen LogP) is 2.62. The van der Waals surface area contributed by atoms with Crippen molar-refractivity contribution < 1.29 is 19.4 Å². The van der Waals surface area contributed by atoms with Gasteiger partial charge in [-0.25, -0.2) is 4.79 Å². The first-order valence-electron chi connectivity index (χ1n) is 8.63. The molecule has 0 bridgehead atoms. The molecule has 1 aliphatic heterocycles. The molecule has 0 saturated carbocycles. The SMILES string of the molecule is O=C(OCc1ccccc1)[C@@H](O)Cc1ccc(C2CCOCC2)nc1. The highest BCUT2D eigenvalue weighted by Gasteiger charge is 2.19. The van der Waals surface area contributed by atoms with Gasteiger partial charge in [0.05, 0.1) is 0 Å². The number of carbonyl (C=O) groups is 1. The van der Waals surface area contributed by atoms with Gasteiger partial charge in [-0.2, -0.15) is 0 Å². The normalized spacial score (nSPS) is 16.4. The fourth-order valence-electron chi connectivity index (χ4n) is 2.92. The molecule has 0 unspecified atom stereocenters. The first-order chi connectivity index (χ1) is 12.2. The maximum atomic E-state index is 11.9. The molecule has 1 aromatic heterocycles. The Morgan fingerprint density at radius 2 is 1.92 bits per heavy atom. The molecule has 25 heavy (non-hydrogen) atoms. The van der Waals surface area contributed by atoms with Crippen LogP contribution in [0, 0.1) is 0 Å². The minimum Gasteiger partial charge on any atom is -0.459 e. The highest BCUT2D eigenvalue weighted by Crippen LogP contribution is 2.25. The van der Waals surface area contributed by atoms with Crippen LogP contribution in [0.1, 0.15) is 35.6 Å². The molecule has 3 rings (SSSR count). The molecule has 5 nitrogen and oxygen atoms in total. The summed E-state index contributed by atoms with van der Waals surface area (Å²) in [5.74, 6) is -0.180. The van der Waals surface area contributed by atoms with E-state index in [4.69, 9.17) is 9.47 Å². The van der Waals surface area contributed by atoms with Crippen LogP contribution in [0.25, 0.3) is 0 Å². The maximum absolute atomic E-state index is 11.9. The van der Waals surface area contributed by atoms with Gasteiger partial charge < -0.3 is 14.6 Å². The van der Waals surface area contributed by atoms with E-state index < -0.39 is 12.1 Å². The van der Waals surface area contributed by atoms with Crippen LogP contribution in [-0.2, 0) is 27.3 Å². The highest BCUT2D eigenvalue weighted by molar-refractivity contribution is 5.74. The van der Waals surface area contributed by atoms with Crippen molar-refractivity contribution in [1.82, 2.24) is 4.98 Å². The van der Waals surface area contributed by atoms with Crippen LogP contribution in [-0.4, -0.2) is 35.4 Å². The molecule has 1 aliphatic rings. The second-order valence-corrected chi connectivity index (χ2v) is 6.29. The van der Waals surface area contributed by atoms with Crippen LogP contribution in [0.3, 0.4) is 0 Å². The highest BCUT2D eigenvalue weighted by atomic mass is 16.5. The number of pyridine rings is 1. The average molecular weight is 341 g/mol. The van der Waals surface area contributed by atoms with Crippen LogP contribution in [0.4, 0.5) is 0 Å². The second-order valence-electron chi connectivity index (χ2n) is 6.29. The standard InChI is InChI=1S/C20H23NO4/c22-19(20(23)25-14-15-4-2-1-3-5-15)12-16-6-7-18(21-13-16)17-8-10-24-11-9-17/h1-7,13,17,19,22H,8-12,14H2/t19-/m0/s1. The summed E-state index contributed by atoms with van der Waals surface area (Å²) in [5, 5.41) is 10.0. The Labute approximate surface area is 147 Å². The van der Waals surface area contributed by atoms with Gasteiger partial charge in [-0.05, 0) is 30.0 Å². The number of rotatable bonds is 6. The van der Waals surface area contributed by atoms with Crippen molar-refractivity contribution >= 4 is 5.97 Å². The molecule has 0 radical (unpaired) electrons. The smallest absolute Gasteiger partial charge is 0.335 e. The Hall–Kier alpha value is -2.24. The van der Waals surface area contributed by atoms with E-state index in [1.54, 1.807) is 6.20 Å². The van der Waals surface area contributed by atoms with Crippen molar-refractivity contribution in [3.8, 4) is 0 Å². The molecule has 132 valence electrons. The molecular formula is C20H23NO4. The third kappa shape index (κ3) is 5.11. The average Bonchev–Trinajstić information content (AvgIpc) is 2.68. The number of nitrogens with zero attached hydrogens (tertiary/aromatic N) is 1. The maximum Gasteiger partial charge on any atom is 0.335 e. The number of hydrogen-bond donors (Lipinski definition) is 1. The lowest BCUT2D eigenvalue weighted by Gasteiger charge is -2.21. The zero-order valence-corrected chi connectivity index (χ0v) is 14.1. The van der Waals surface area contributed by atoms with Crippen molar-refractivity contribution in [1.29, 1.82) is 0 Å². The van der Waals surface area contributed by atoms with Crippen LogP contribution < -0.4 is 0 Å². The Kier molecular flexibility index (Phi) is 6.14. The van der Waals surface area contributed by atoms with Gasteiger partial charge in [0.1, 0.15) is 6.61 Å². The number of carbonyl (C=O) groups excluding carboxylic acids is 1. The summed E-state index contributed by atoms with van der Waals surface area (Å²) in [6, 6.07) is 13.3. The van der Waals surface area contributed by atoms with E-state index >= 15 is 0 Å². The van der Waals surface area contributed by atoms with Crippen molar-refractivity contribution in [3.05, 3.63) is 65.5 Å². The fraction of sp³-hybridized carbons (Fsp3) is 0.400. The van der Waals surface area contributed by atoms with Crippen LogP contribution in [0.5, 0.6) is 0 Å². The van der Waals surface area contributed by atoms with E-state index in [1.807, 2.05) is 42.5 Å². The van der Waals surface area contributed by atoms with Gasteiger partial charge in [-0.15, -0.1) is 0 Å². The van der Waals surface area contributed by atoms with E-state index in [0.29, 0.717) is 5.92 Å². The molecule has 0 aliphatic carbocycles. The van der Waals surface area contributed by atoms with Crippen molar-refractivity contribution in [2.45, 2.75) is 37.9 Å². The molecule has 1 N–H and O–H groups in total. The van der Waals surface area contributed by atoms with Crippen LogP contribution >= 0.6 is 0 Å². The number of benzene rings is 1. The van der Waals surface area contributed by atoms with E-state index in [0.717, 1.165) is 42.9 Å². The number of ether oxygens (including phenoxy) is 2. The van der Waals surface area contributed by atoms with Gasteiger partial charge in [0, 0.05) is 37.4 Å². The van der Waals surface area contributed by atoms with Gasteiger partial charge >= 0.3 is 5.97 Å². The summed E-state index contributed by atoms with van der Waals surface area (Å²) < 4.78 is 10.5. The minimum atomic E-state index is -1.18. The van der Waals surface area contributed by atoms with Crippen molar-refractivity contribution in [3.63, 3.8) is 0 Å². The largest absolute Gasteiger partial charge is 0.459 e. The monoisotopic (exact) mass is 341 g/mol. The van der Waals surface area contributed by atoms with Gasteiger partial charge in [0.15, 0.2) is 6.10 Å². The molecule has 0 amide bonds. The lowest BCUT2D eigenvalue weighted by atomic mass is 9.95. The third-order valence-electron chi connectivity index (χ3n) is 4.41. The van der Waals surface area contributed by atoms with Gasteiger partial charge in [-0.3, -0.25) is 4.98 Å². The summed E-state index contributed by atoms with van der Waals surface area (Å²) >= 11 is 0. The Bertz CT molecular complexity index is 666. The quantitative estimate of drug-likeness (QED) is 0.818. The lowest BCUT2D eigenvalue weighted by molar-refractivity contribution is -0.154. The Morgan fingerprint density at radius 3 is 2.60 bits per heavy atom. The fourth-order valence-corrected chi connectivity index (χ4v) is 2.92. The molecule has 1 saturated heterocycles. The van der Waals surface area contributed by atoms with Crippen LogP contribution in [0.2, 0.25) is 0 Å². The second kappa shape index (κ2) is 8.74. The molecule has 0 spiro atoms. The van der Waals surface area contributed by atoms with Crippen LogP contribution in [0.15, 0.2) is 48.7 Å². The zero-order valence-electron chi connectivity index (χ0n) is 14.1. The number of hydrogen-bond acceptors (Lipinski definition) is 5. The number of aromatic nitrogens is 1. The van der Waals surface area contributed by atoms with E-state index in [9.17, 15) is 9.90 Å². The number of aliphatic hydroxyl groups is 1. The number of aliphatic hydroxyl groups excluding tert-OH is 1. The molecule has 2 aromatic rings. The molecule has 1 atom stereocenters. The minimum absolute atomic E-state index is 0.164. The van der Waals surface area contributed by atoms with E-state index in [-0.39, 0.29) is 13.0 Å². The topological polar surface area (TPSA) is 68.7 Å². The van der Waals surface area contributed by atoms with Crippen molar-refractivity contribution in [2.24, 2.45) is 0 Å². The third-order valence-corrected chi connectivity index (χ3v) is 4.41. The molecule has 1 fully saturated rings. The molecule has 5 heteroatoms. The molecule has 2 heterocycles.